The van der Waals surface area contributed by atoms with Crippen LogP contribution in [0.4, 0.5) is 10.9 Å². The highest BCUT2D eigenvalue weighted by molar-refractivity contribution is 7.94. The van der Waals surface area contributed by atoms with Crippen molar-refractivity contribution in [2.24, 2.45) is 0 Å². The third-order valence-electron chi connectivity index (χ3n) is 3.26. The fourth-order valence-electron chi connectivity index (χ4n) is 1.32. The largest absolute Gasteiger partial charge is 0.267 e. The number of nitrogens with one attached hydrogen (secondary N) is 2. The number of aryl methyl sites for hydroxylation is 1. The summed E-state index contributed by atoms with van der Waals surface area (Å²) in [5, 5.41) is 8.47. The Hall–Kier alpha value is -1.79. The Kier molecular flexibility index (Phi) is 7.53. The van der Waals surface area contributed by atoms with Crippen LogP contribution in [-0.2, 0) is 20.0 Å². The van der Waals surface area contributed by atoms with E-state index in [0.29, 0.717) is 10.9 Å². The van der Waals surface area contributed by atoms with Crippen molar-refractivity contribution < 1.29 is 16.8 Å². The molecule has 158 valence electrons. The summed E-state index contributed by atoms with van der Waals surface area (Å²) in [7, 11) is -6.74. The number of nitrogens with zero attached hydrogens (tertiary/aromatic N) is 3. The van der Waals surface area contributed by atoms with Crippen molar-refractivity contribution in [1.29, 1.82) is 0 Å². The van der Waals surface area contributed by atoms with Crippen molar-refractivity contribution in [2.45, 2.75) is 58.0 Å². The van der Waals surface area contributed by atoms with Crippen molar-refractivity contribution in [3.63, 3.8) is 0 Å². The highest BCUT2D eigenvalue weighted by atomic mass is 32.2. The molecule has 2 N–H and O–H groups in total. The molecule has 0 radical (unpaired) electrons. The van der Waals surface area contributed by atoms with Crippen molar-refractivity contribution in [3.05, 3.63) is 29.4 Å². The lowest BCUT2D eigenvalue weighted by atomic mass is 10.3. The molecule has 2 aromatic heterocycles. The first-order valence-corrected chi connectivity index (χ1v) is 12.1. The predicted octanol–water partition coefficient (Wildman–Crippen LogP) is 3.01. The zero-order valence-corrected chi connectivity index (χ0v) is 19.5. The number of aromatic nitrogens is 3. The number of hydrogen-bond acceptors (Lipinski definition) is 8. The van der Waals surface area contributed by atoms with Crippen molar-refractivity contribution in [3.8, 4) is 0 Å². The first kappa shape index (κ1) is 24.2. The Bertz CT molecular complexity index is 973. The second-order valence-electron chi connectivity index (χ2n) is 7.78. The van der Waals surface area contributed by atoms with E-state index in [2.05, 4.69) is 24.6 Å². The first-order chi connectivity index (χ1) is 12.6. The smallest absolute Gasteiger partial charge is 0.239 e. The quantitative estimate of drug-likeness (QED) is 0.733. The molecular formula is C16H27N5O4S3. The van der Waals surface area contributed by atoms with E-state index in [9.17, 15) is 16.8 Å². The lowest BCUT2D eigenvalue weighted by Gasteiger charge is -2.19. The highest BCUT2D eigenvalue weighted by Gasteiger charge is 2.30. The molecule has 0 saturated heterocycles. The van der Waals surface area contributed by atoms with Gasteiger partial charge in [-0.25, -0.2) is 21.8 Å². The van der Waals surface area contributed by atoms with Crippen molar-refractivity contribution in [2.75, 3.05) is 9.44 Å². The molecule has 9 nitrogen and oxygen atoms in total. The van der Waals surface area contributed by atoms with Crippen LogP contribution in [0, 0.1) is 6.92 Å². The van der Waals surface area contributed by atoms with Gasteiger partial charge in [0.1, 0.15) is 10.8 Å². The number of pyridine rings is 1. The summed E-state index contributed by atoms with van der Waals surface area (Å²) in [6.45, 7) is 11.6. The molecule has 2 heterocycles. The Morgan fingerprint density at radius 1 is 0.857 bits per heavy atom. The van der Waals surface area contributed by atoms with Crippen LogP contribution in [0.3, 0.4) is 0 Å². The molecule has 0 saturated carbocycles. The second-order valence-corrected chi connectivity index (χ2v) is 13.8. The van der Waals surface area contributed by atoms with E-state index in [4.69, 9.17) is 0 Å². The molecule has 0 bridgehead atoms. The SMILES string of the molecule is CC(C)(C)S(=O)(=O)Nc1ccccn1.Cc1nnc(NS(=O)(=O)C(C)(C)C)s1. The fraction of sp³-hybridized carbons (Fsp3) is 0.562. The standard InChI is InChI=1S/C9H14N2O2S.C7H13N3O2S2/c1-9(2,3)14(12,13)11-8-6-4-5-7-10-8;1-5-8-9-6(13-5)10-14(11,12)7(2,3)4/h4-7H,1-3H3,(H,10,11);1-4H3,(H,9,10). The lowest BCUT2D eigenvalue weighted by Crippen LogP contribution is -2.33. The van der Waals surface area contributed by atoms with Crippen LogP contribution in [0.25, 0.3) is 0 Å². The van der Waals surface area contributed by atoms with Crippen molar-refractivity contribution >= 4 is 42.3 Å². The summed E-state index contributed by atoms with van der Waals surface area (Å²) in [6.07, 6.45) is 1.54. The van der Waals surface area contributed by atoms with E-state index in [1.807, 2.05) is 0 Å². The third-order valence-corrected chi connectivity index (χ3v) is 8.31. The maximum absolute atomic E-state index is 11.7. The molecule has 0 atom stereocenters. The molecule has 0 unspecified atom stereocenters. The first-order valence-electron chi connectivity index (χ1n) is 8.31. The number of rotatable bonds is 4. The minimum absolute atomic E-state index is 0.317. The monoisotopic (exact) mass is 449 g/mol. The minimum Gasteiger partial charge on any atom is -0.267 e. The molecule has 2 rings (SSSR count). The van der Waals surface area contributed by atoms with Crippen LogP contribution in [0.1, 0.15) is 46.6 Å². The van der Waals surface area contributed by atoms with E-state index in [-0.39, 0.29) is 0 Å². The molecule has 0 aliphatic heterocycles. The summed E-state index contributed by atoms with van der Waals surface area (Å²) in [4.78, 5) is 3.89. The number of sulfonamides is 2. The van der Waals surface area contributed by atoms with Gasteiger partial charge in [0.2, 0.25) is 25.2 Å². The van der Waals surface area contributed by atoms with Crippen LogP contribution in [0.2, 0.25) is 0 Å². The van der Waals surface area contributed by atoms with E-state index in [1.165, 1.54) is 11.3 Å². The number of hydrogen-bond donors (Lipinski definition) is 2. The van der Waals surface area contributed by atoms with E-state index in [1.54, 1.807) is 72.9 Å². The molecule has 28 heavy (non-hydrogen) atoms. The van der Waals surface area contributed by atoms with Gasteiger partial charge in [-0.05, 0) is 60.6 Å². The Labute approximate surface area is 171 Å². The van der Waals surface area contributed by atoms with Gasteiger partial charge in [-0.1, -0.05) is 17.4 Å². The topological polar surface area (TPSA) is 131 Å². The van der Waals surface area contributed by atoms with Crippen LogP contribution in [-0.4, -0.2) is 41.5 Å². The fourth-order valence-corrected chi connectivity index (χ4v) is 3.54. The maximum atomic E-state index is 11.7. The van der Waals surface area contributed by atoms with Gasteiger partial charge in [-0.15, -0.1) is 10.2 Å². The minimum atomic E-state index is -3.38. The van der Waals surface area contributed by atoms with Crippen LogP contribution < -0.4 is 9.44 Å². The average Bonchev–Trinajstić information content (AvgIpc) is 2.90. The predicted molar refractivity (Wildman–Crippen MR) is 113 cm³/mol. The maximum Gasteiger partial charge on any atom is 0.239 e. The number of anilines is 2. The lowest BCUT2D eigenvalue weighted by molar-refractivity contribution is 0.565. The summed E-state index contributed by atoms with van der Waals surface area (Å²) >= 11 is 1.22. The van der Waals surface area contributed by atoms with Crippen LogP contribution in [0.5, 0.6) is 0 Å². The average molecular weight is 450 g/mol. The summed E-state index contributed by atoms with van der Waals surface area (Å²) < 4.78 is 49.8. The van der Waals surface area contributed by atoms with Gasteiger partial charge in [0.25, 0.3) is 0 Å². The Morgan fingerprint density at radius 3 is 1.79 bits per heavy atom. The van der Waals surface area contributed by atoms with Gasteiger partial charge in [-0.2, -0.15) is 0 Å². The summed E-state index contributed by atoms with van der Waals surface area (Å²) in [5.74, 6) is 0.349. The third kappa shape index (κ3) is 6.99. The Balaban J connectivity index is 0.000000280. The van der Waals surface area contributed by atoms with Crippen molar-refractivity contribution in [1.82, 2.24) is 15.2 Å². The van der Waals surface area contributed by atoms with E-state index < -0.39 is 29.5 Å². The van der Waals surface area contributed by atoms with Crippen LogP contribution >= 0.6 is 11.3 Å². The van der Waals surface area contributed by atoms with Gasteiger partial charge in [0.15, 0.2) is 0 Å². The Morgan fingerprint density at radius 2 is 1.39 bits per heavy atom. The van der Waals surface area contributed by atoms with Gasteiger partial charge in [0, 0.05) is 6.20 Å². The summed E-state index contributed by atoms with van der Waals surface area (Å²) in [5.41, 5.74) is 0. The second kappa shape index (κ2) is 8.70. The summed E-state index contributed by atoms with van der Waals surface area (Å²) in [6, 6.07) is 5.08. The molecule has 0 fully saturated rings. The zero-order valence-electron chi connectivity index (χ0n) is 17.0. The van der Waals surface area contributed by atoms with E-state index >= 15 is 0 Å². The van der Waals surface area contributed by atoms with Gasteiger partial charge >= 0.3 is 0 Å². The normalized spacial score (nSPS) is 12.7. The van der Waals surface area contributed by atoms with Gasteiger partial charge < -0.3 is 0 Å². The zero-order chi connectivity index (χ0) is 21.8. The molecular weight excluding hydrogens is 422 g/mol. The van der Waals surface area contributed by atoms with Gasteiger partial charge in [-0.3, -0.25) is 9.44 Å². The molecule has 0 aliphatic rings. The molecule has 2 aromatic rings. The molecule has 0 aliphatic carbocycles. The van der Waals surface area contributed by atoms with Crippen LogP contribution in [0.15, 0.2) is 24.4 Å². The molecule has 0 aromatic carbocycles. The van der Waals surface area contributed by atoms with Gasteiger partial charge in [0.05, 0.1) is 9.49 Å². The highest BCUT2D eigenvalue weighted by Crippen LogP contribution is 2.21. The molecule has 0 spiro atoms. The molecule has 0 amide bonds. The van der Waals surface area contributed by atoms with E-state index in [0.717, 1.165) is 5.01 Å². The molecule has 12 heteroatoms.